The second kappa shape index (κ2) is 7.89. The van der Waals surface area contributed by atoms with Crippen LogP contribution in [0.1, 0.15) is 36.0 Å². The van der Waals surface area contributed by atoms with Gasteiger partial charge in [0.25, 0.3) is 0 Å². The number of carbonyl (C=O) groups is 2. The van der Waals surface area contributed by atoms with Crippen molar-refractivity contribution in [1.29, 1.82) is 0 Å². The molecule has 2 N–H and O–H groups in total. The highest BCUT2D eigenvalue weighted by molar-refractivity contribution is 5.98. The summed E-state index contributed by atoms with van der Waals surface area (Å²) in [5, 5.41) is 6.12. The Morgan fingerprint density at radius 1 is 1.41 bits per heavy atom. The number of ether oxygens (including phenoxy) is 1. The van der Waals surface area contributed by atoms with E-state index in [0.29, 0.717) is 0 Å². The van der Waals surface area contributed by atoms with Crippen LogP contribution in [-0.4, -0.2) is 37.9 Å². The molecule has 1 aliphatic rings. The van der Waals surface area contributed by atoms with Gasteiger partial charge in [-0.25, -0.2) is 4.39 Å². The lowest BCUT2D eigenvalue weighted by molar-refractivity contribution is -0.121. The SMILES string of the molecule is COc1ccc(C(=O)CCC(=O)NC2CCCNC2)cc1F. The summed E-state index contributed by atoms with van der Waals surface area (Å²) >= 11 is 0. The Morgan fingerprint density at radius 3 is 2.86 bits per heavy atom. The number of nitrogens with one attached hydrogen (secondary N) is 2. The summed E-state index contributed by atoms with van der Waals surface area (Å²) in [5.41, 5.74) is 0.255. The molecule has 6 heteroatoms. The summed E-state index contributed by atoms with van der Waals surface area (Å²) < 4.78 is 18.4. The number of rotatable bonds is 6. The largest absolute Gasteiger partial charge is 0.494 e. The van der Waals surface area contributed by atoms with E-state index in [4.69, 9.17) is 4.74 Å². The minimum absolute atomic E-state index is 0.0672. The first kappa shape index (κ1) is 16.4. The van der Waals surface area contributed by atoms with E-state index in [-0.39, 0.29) is 41.9 Å². The van der Waals surface area contributed by atoms with Crippen LogP contribution in [0.5, 0.6) is 5.75 Å². The van der Waals surface area contributed by atoms with Crippen molar-refractivity contribution in [3.63, 3.8) is 0 Å². The summed E-state index contributed by atoms with van der Waals surface area (Å²) in [7, 11) is 1.37. The lowest BCUT2D eigenvalue weighted by Crippen LogP contribution is -2.45. The van der Waals surface area contributed by atoms with Gasteiger partial charge in [-0.3, -0.25) is 9.59 Å². The fourth-order valence-corrected chi connectivity index (χ4v) is 2.49. The Hall–Kier alpha value is -1.95. The monoisotopic (exact) mass is 308 g/mol. The number of halogens is 1. The third-order valence-corrected chi connectivity index (χ3v) is 3.71. The number of methoxy groups -OCH3 is 1. The summed E-state index contributed by atoms with van der Waals surface area (Å²) in [5.74, 6) is -0.875. The number of amides is 1. The zero-order valence-electron chi connectivity index (χ0n) is 12.7. The van der Waals surface area contributed by atoms with Gasteiger partial charge in [-0.05, 0) is 37.6 Å². The first-order valence-electron chi connectivity index (χ1n) is 7.47. The van der Waals surface area contributed by atoms with E-state index in [2.05, 4.69) is 10.6 Å². The van der Waals surface area contributed by atoms with E-state index in [1.165, 1.54) is 19.2 Å². The van der Waals surface area contributed by atoms with Gasteiger partial charge in [0.1, 0.15) is 0 Å². The van der Waals surface area contributed by atoms with Gasteiger partial charge in [-0.2, -0.15) is 0 Å². The fourth-order valence-electron chi connectivity index (χ4n) is 2.49. The van der Waals surface area contributed by atoms with Crippen LogP contribution in [-0.2, 0) is 4.79 Å². The highest BCUT2D eigenvalue weighted by atomic mass is 19.1. The van der Waals surface area contributed by atoms with E-state index in [1.54, 1.807) is 0 Å². The van der Waals surface area contributed by atoms with Crippen molar-refractivity contribution >= 4 is 11.7 Å². The van der Waals surface area contributed by atoms with Crippen LogP contribution in [0, 0.1) is 5.82 Å². The lowest BCUT2D eigenvalue weighted by Gasteiger charge is -2.23. The molecule has 1 saturated heterocycles. The van der Waals surface area contributed by atoms with Gasteiger partial charge in [0.05, 0.1) is 7.11 Å². The van der Waals surface area contributed by atoms with Crippen molar-refractivity contribution in [3.8, 4) is 5.75 Å². The summed E-state index contributed by atoms with van der Waals surface area (Å²) in [4.78, 5) is 23.8. The van der Waals surface area contributed by atoms with E-state index in [1.807, 2.05) is 0 Å². The normalized spacial score (nSPS) is 17.8. The van der Waals surface area contributed by atoms with Crippen LogP contribution in [0.4, 0.5) is 4.39 Å². The second-order valence-electron chi connectivity index (χ2n) is 5.38. The molecule has 0 aliphatic carbocycles. The maximum absolute atomic E-state index is 13.6. The highest BCUT2D eigenvalue weighted by Crippen LogP contribution is 2.18. The minimum Gasteiger partial charge on any atom is -0.494 e. The zero-order valence-corrected chi connectivity index (χ0v) is 12.7. The summed E-state index contributed by atoms with van der Waals surface area (Å²) in [6.07, 6.45) is 2.17. The van der Waals surface area contributed by atoms with Crippen LogP contribution in [0.3, 0.4) is 0 Å². The van der Waals surface area contributed by atoms with Gasteiger partial charge in [0.15, 0.2) is 17.3 Å². The molecule has 22 heavy (non-hydrogen) atoms. The molecule has 0 bridgehead atoms. The van der Waals surface area contributed by atoms with Gasteiger partial charge in [0.2, 0.25) is 5.91 Å². The fraction of sp³-hybridized carbons (Fsp3) is 0.500. The van der Waals surface area contributed by atoms with Crippen LogP contribution in [0.15, 0.2) is 18.2 Å². The molecule has 1 aromatic carbocycles. The molecule has 1 fully saturated rings. The molecule has 1 aliphatic heterocycles. The molecule has 1 amide bonds. The number of Topliss-reactive ketones (excluding diaryl/α,β-unsaturated/α-hetero) is 1. The predicted molar refractivity (Wildman–Crippen MR) is 80.6 cm³/mol. The number of piperidine rings is 1. The molecule has 0 radical (unpaired) electrons. The first-order valence-corrected chi connectivity index (χ1v) is 7.47. The molecule has 2 rings (SSSR count). The van der Waals surface area contributed by atoms with Crippen molar-refractivity contribution in [3.05, 3.63) is 29.6 Å². The summed E-state index contributed by atoms with van der Waals surface area (Å²) in [6, 6.07) is 4.20. The number of hydrogen-bond donors (Lipinski definition) is 2. The quantitative estimate of drug-likeness (QED) is 0.785. The van der Waals surface area contributed by atoms with Crippen molar-refractivity contribution < 1.29 is 18.7 Å². The van der Waals surface area contributed by atoms with Gasteiger partial charge >= 0.3 is 0 Å². The molecule has 1 heterocycles. The Labute approximate surface area is 129 Å². The lowest BCUT2D eigenvalue weighted by atomic mass is 10.0. The van der Waals surface area contributed by atoms with Crippen LogP contribution in [0.25, 0.3) is 0 Å². The molecule has 0 saturated carbocycles. The molecule has 0 aromatic heterocycles. The molecule has 5 nitrogen and oxygen atoms in total. The average molecular weight is 308 g/mol. The molecular weight excluding hydrogens is 287 g/mol. The number of carbonyl (C=O) groups excluding carboxylic acids is 2. The molecule has 1 atom stereocenters. The van der Waals surface area contributed by atoms with Gasteiger partial charge < -0.3 is 15.4 Å². The van der Waals surface area contributed by atoms with Gasteiger partial charge in [-0.15, -0.1) is 0 Å². The minimum atomic E-state index is -0.578. The van der Waals surface area contributed by atoms with Crippen LogP contribution < -0.4 is 15.4 Å². The Kier molecular flexibility index (Phi) is 5.89. The van der Waals surface area contributed by atoms with Crippen molar-refractivity contribution in [2.24, 2.45) is 0 Å². The molecule has 120 valence electrons. The van der Waals surface area contributed by atoms with Gasteiger partial charge in [-0.1, -0.05) is 0 Å². The standard InChI is InChI=1S/C16H21FN2O3/c1-22-15-6-4-11(9-13(15)17)14(20)5-7-16(21)19-12-3-2-8-18-10-12/h4,6,9,12,18H,2-3,5,7-8,10H2,1H3,(H,19,21). The molecule has 1 unspecified atom stereocenters. The third-order valence-electron chi connectivity index (χ3n) is 3.71. The molecule has 0 spiro atoms. The molecule has 1 aromatic rings. The smallest absolute Gasteiger partial charge is 0.220 e. The maximum Gasteiger partial charge on any atom is 0.220 e. The first-order chi connectivity index (χ1) is 10.6. The predicted octanol–water partition coefficient (Wildman–Crippen LogP) is 1.67. The third kappa shape index (κ3) is 4.53. The summed E-state index contributed by atoms with van der Waals surface area (Å²) in [6.45, 7) is 1.75. The topological polar surface area (TPSA) is 67.4 Å². The van der Waals surface area contributed by atoms with Crippen molar-refractivity contribution in [2.45, 2.75) is 31.7 Å². The van der Waals surface area contributed by atoms with E-state index >= 15 is 0 Å². The van der Waals surface area contributed by atoms with Crippen molar-refractivity contribution in [2.75, 3.05) is 20.2 Å². The zero-order chi connectivity index (χ0) is 15.9. The van der Waals surface area contributed by atoms with E-state index in [9.17, 15) is 14.0 Å². The second-order valence-corrected chi connectivity index (χ2v) is 5.38. The highest BCUT2D eigenvalue weighted by Gasteiger charge is 2.17. The van der Waals surface area contributed by atoms with E-state index < -0.39 is 5.82 Å². The Morgan fingerprint density at radius 2 is 2.23 bits per heavy atom. The Balaban J connectivity index is 1.81. The average Bonchev–Trinajstić information content (AvgIpc) is 2.53. The maximum atomic E-state index is 13.6. The van der Waals surface area contributed by atoms with Crippen LogP contribution >= 0.6 is 0 Å². The Bertz CT molecular complexity index is 542. The number of ketones is 1. The van der Waals surface area contributed by atoms with Crippen LogP contribution in [0.2, 0.25) is 0 Å². The van der Waals surface area contributed by atoms with Crippen molar-refractivity contribution in [1.82, 2.24) is 10.6 Å². The van der Waals surface area contributed by atoms with E-state index in [0.717, 1.165) is 32.0 Å². The number of benzene rings is 1. The molecular formula is C16H21FN2O3. The number of hydrogen-bond acceptors (Lipinski definition) is 4. The van der Waals surface area contributed by atoms with Gasteiger partial charge in [0, 0.05) is 31.0 Å².